The van der Waals surface area contributed by atoms with Crippen molar-refractivity contribution >= 4 is 23.7 Å². The molecule has 0 bridgehead atoms. The van der Waals surface area contributed by atoms with Gasteiger partial charge in [0.05, 0.1) is 11.1 Å². The van der Waals surface area contributed by atoms with Gasteiger partial charge in [-0.15, -0.1) is 11.8 Å². The summed E-state index contributed by atoms with van der Waals surface area (Å²) in [7, 11) is 0. The van der Waals surface area contributed by atoms with Crippen LogP contribution in [0.15, 0.2) is 47.4 Å². The number of benzene rings is 2. The van der Waals surface area contributed by atoms with Gasteiger partial charge in [-0.25, -0.2) is 9.59 Å². The molecule has 0 aromatic heterocycles. The van der Waals surface area contributed by atoms with E-state index in [4.69, 9.17) is 0 Å². The van der Waals surface area contributed by atoms with Gasteiger partial charge in [-0.2, -0.15) is 0 Å². The van der Waals surface area contributed by atoms with Crippen molar-refractivity contribution in [2.75, 3.05) is 0 Å². The van der Waals surface area contributed by atoms with Crippen molar-refractivity contribution in [2.45, 2.75) is 17.6 Å². The Balaban J connectivity index is 2.40. The van der Waals surface area contributed by atoms with Crippen LogP contribution >= 0.6 is 11.8 Å². The molecule has 0 radical (unpaired) electrons. The number of aryl methyl sites for hydroxylation is 1. The summed E-state index contributed by atoms with van der Waals surface area (Å²) in [5, 5.41) is 18.6. The van der Waals surface area contributed by atoms with Crippen LogP contribution in [0, 0.1) is 6.92 Å². The number of carboxylic acids is 2. The lowest BCUT2D eigenvalue weighted by molar-refractivity contribution is 0.0690. The third-order valence-corrected chi connectivity index (χ3v) is 4.13. The fraction of sp³-hybridized carbons (Fsp3) is 0.125. The smallest absolute Gasteiger partial charge is 0.336 e. The van der Waals surface area contributed by atoms with Crippen LogP contribution in [0.25, 0.3) is 0 Å². The van der Waals surface area contributed by atoms with Gasteiger partial charge in [0.1, 0.15) is 0 Å². The molecule has 0 spiro atoms. The van der Waals surface area contributed by atoms with Crippen LogP contribution in [0.1, 0.15) is 31.8 Å². The minimum atomic E-state index is -1.11. The maximum Gasteiger partial charge on any atom is 0.336 e. The van der Waals surface area contributed by atoms with Gasteiger partial charge >= 0.3 is 11.9 Å². The molecule has 0 aliphatic heterocycles. The maximum absolute atomic E-state index is 11.4. The molecule has 0 heterocycles. The van der Waals surface area contributed by atoms with E-state index in [1.807, 2.05) is 30.3 Å². The van der Waals surface area contributed by atoms with Crippen molar-refractivity contribution in [2.24, 2.45) is 0 Å². The molecule has 5 heteroatoms. The molecule has 2 aromatic rings. The van der Waals surface area contributed by atoms with Gasteiger partial charge in [0.25, 0.3) is 0 Å². The summed E-state index contributed by atoms with van der Waals surface area (Å²) in [6.07, 6.45) is 0. The van der Waals surface area contributed by atoms with E-state index in [9.17, 15) is 19.8 Å². The molecule has 21 heavy (non-hydrogen) atoms. The molecule has 0 fully saturated rings. The predicted molar refractivity (Wildman–Crippen MR) is 81.1 cm³/mol. The van der Waals surface area contributed by atoms with E-state index in [1.54, 1.807) is 6.92 Å². The monoisotopic (exact) mass is 302 g/mol. The standard InChI is InChI=1S/C16H14O4S/c1-10-7-12(15(17)18)14(13(8-10)16(19)20)21-9-11-5-3-2-4-6-11/h2-8H,9H2,1H3,(H,17,18)(H,19,20). The Hall–Kier alpha value is -2.27. The minimum Gasteiger partial charge on any atom is -0.478 e. The molecular weight excluding hydrogens is 288 g/mol. The molecule has 2 rings (SSSR count). The summed E-state index contributed by atoms with van der Waals surface area (Å²) >= 11 is 1.23. The first-order valence-corrected chi connectivity index (χ1v) is 7.25. The highest BCUT2D eigenvalue weighted by Gasteiger charge is 2.19. The fourth-order valence-corrected chi connectivity index (χ4v) is 3.08. The van der Waals surface area contributed by atoms with Crippen molar-refractivity contribution in [1.82, 2.24) is 0 Å². The van der Waals surface area contributed by atoms with Crippen LogP contribution in [0.5, 0.6) is 0 Å². The number of rotatable bonds is 5. The SMILES string of the molecule is Cc1cc(C(=O)O)c(SCc2ccccc2)c(C(=O)O)c1. The molecule has 4 nitrogen and oxygen atoms in total. The van der Waals surface area contributed by atoms with E-state index < -0.39 is 11.9 Å². The fourth-order valence-electron chi connectivity index (χ4n) is 1.98. The lowest BCUT2D eigenvalue weighted by Gasteiger charge is -2.11. The summed E-state index contributed by atoms with van der Waals surface area (Å²) in [5.74, 6) is -1.71. The van der Waals surface area contributed by atoms with Gasteiger partial charge in [0, 0.05) is 10.6 Å². The van der Waals surface area contributed by atoms with Gasteiger partial charge in [0.15, 0.2) is 0 Å². The molecule has 2 N–H and O–H groups in total. The van der Waals surface area contributed by atoms with Gasteiger partial charge in [-0.1, -0.05) is 30.3 Å². The van der Waals surface area contributed by atoms with Crippen molar-refractivity contribution in [3.05, 3.63) is 64.7 Å². The molecule has 0 amide bonds. The Kier molecular flexibility index (Phi) is 4.65. The first-order chi connectivity index (χ1) is 9.99. The maximum atomic E-state index is 11.4. The zero-order valence-corrected chi connectivity index (χ0v) is 12.2. The lowest BCUT2D eigenvalue weighted by Crippen LogP contribution is -2.07. The number of hydrogen-bond acceptors (Lipinski definition) is 3. The van der Waals surface area contributed by atoms with Crippen molar-refractivity contribution < 1.29 is 19.8 Å². The second kappa shape index (κ2) is 6.45. The summed E-state index contributed by atoms with van der Waals surface area (Å²) in [6, 6.07) is 12.5. The Morgan fingerprint density at radius 1 is 1.00 bits per heavy atom. The van der Waals surface area contributed by atoms with Crippen molar-refractivity contribution in [3.63, 3.8) is 0 Å². The summed E-state index contributed by atoms with van der Waals surface area (Å²) in [6.45, 7) is 1.69. The summed E-state index contributed by atoms with van der Waals surface area (Å²) in [4.78, 5) is 23.0. The molecule has 0 saturated carbocycles. The van der Waals surface area contributed by atoms with Crippen LogP contribution < -0.4 is 0 Å². The molecule has 0 aliphatic rings. The zero-order chi connectivity index (χ0) is 15.4. The highest BCUT2D eigenvalue weighted by molar-refractivity contribution is 7.98. The number of carbonyl (C=O) groups is 2. The first-order valence-electron chi connectivity index (χ1n) is 6.27. The molecule has 0 unspecified atom stereocenters. The molecule has 108 valence electrons. The number of carboxylic acid groups (broad SMARTS) is 2. The highest BCUT2D eigenvalue weighted by Crippen LogP contribution is 2.31. The summed E-state index contributed by atoms with van der Waals surface area (Å²) < 4.78 is 0. The average Bonchev–Trinajstić information content (AvgIpc) is 2.46. The molecule has 0 atom stereocenters. The first kappa shape index (κ1) is 15.1. The topological polar surface area (TPSA) is 74.6 Å². The van der Waals surface area contributed by atoms with Crippen LogP contribution in [0.2, 0.25) is 0 Å². The van der Waals surface area contributed by atoms with E-state index in [-0.39, 0.29) is 11.1 Å². The van der Waals surface area contributed by atoms with Crippen molar-refractivity contribution in [3.8, 4) is 0 Å². The lowest BCUT2D eigenvalue weighted by atomic mass is 10.1. The average molecular weight is 302 g/mol. The second-order valence-corrected chi connectivity index (χ2v) is 5.56. The van der Waals surface area contributed by atoms with Gasteiger partial charge in [-0.05, 0) is 30.2 Å². The number of thioether (sulfide) groups is 1. The predicted octanol–water partition coefficient (Wildman–Crippen LogP) is 3.68. The Labute approximate surface area is 126 Å². The summed E-state index contributed by atoms with van der Waals surface area (Å²) in [5.41, 5.74) is 1.70. The molecule has 2 aromatic carbocycles. The Morgan fingerprint density at radius 3 is 2.00 bits per heavy atom. The quantitative estimate of drug-likeness (QED) is 0.824. The molecule has 0 aliphatic carbocycles. The normalized spacial score (nSPS) is 10.3. The molecule has 0 saturated heterocycles. The highest BCUT2D eigenvalue weighted by atomic mass is 32.2. The van der Waals surface area contributed by atoms with Crippen LogP contribution in [0.3, 0.4) is 0 Å². The number of aromatic carboxylic acids is 2. The Bertz CT molecular complexity index is 645. The largest absolute Gasteiger partial charge is 0.478 e. The van der Waals surface area contributed by atoms with Crippen molar-refractivity contribution in [1.29, 1.82) is 0 Å². The van der Waals surface area contributed by atoms with Gasteiger partial charge in [-0.3, -0.25) is 0 Å². The number of hydrogen-bond donors (Lipinski definition) is 2. The third-order valence-electron chi connectivity index (χ3n) is 2.92. The van der Waals surface area contributed by atoms with Crippen LogP contribution in [-0.4, -0.2) is 22.2 Å². The van der Waals surface area contributed by atoms with E-state index in [1.165, 1.54) is 23.9 Å². The van der Waals surface area contributed by atoms with E-state index >= 15 is 0 Å². The van der Waals surface area contributed by atoms with Gasteiger partial charge < -0.3 is 10.2 Å². The van der Waals surface area contributed by atoms with Gasteiger partial charge in [0.2, 0.25) is 0 Å². The van der Waals surface area contributed by atoms with E-state index in [0.717, 1.165) is 5.56 Å². The Morgan fingerprint density at radius 2 is 1.52 bits per heavy atom. The minimum absolute atomic E-state index is 0.0355. The van der Waals surface area contributed by atoms with Crippen LogP contribution in [0.4, 0.5) is 0 Å². The van der Waals surface area contributed by atoms with E-state index in [0.29, 0.717) is 16.2 Å². The second-order valence-electron chi connectivity index (χ2n) is 4.57. The zero-order valence-electron chi connectivity index (χ0n) is 11.4. The van der Waals surface area contributed by atoms with Crippen LogP contribution in [-0.2, 0) is 5.75 Å². The third kappa shape index (κ3) is 3.64. The molecular formula is C16H14O4S. The van der Waals surface area contributed by atoms with E-state index in [2.05, 4.69) is 0 Å².